The van der Waals surface area contributed by atoms with E-state index in [4.69, 9.17) is 4.74 Å². The van der Waals surface area contributed by atoms with E-state index in [0.29, 0.717) is 6.54 Å². The normalized spacial score (nSPS) is 18.6. The highest BCUT2D eigenvalue weighted by atomic mass is 16.5. The number of nitrogens with one attached hydrogen (secondary N) is 1. The fourth-order valence-electron chi connectivity index (χ4n) is 4.27. The summed E-state index contributed by atoms with van der Waals surface area (Å²) in [7, 11) is 1.67. The lowest BCUT2D eigenvalue weighted by Gasteiger charge is -2.26. The predicted octanol–water partition coefficient (Wildman–Crippen LogP) is 3.97. The third kappa shape index (κ3) is 4.50. The molecule has 2 aromatic carbocycles. The Balaban J connectivity index is 1.34. The van der Waals surface area contributed by atoms with Crippen LogP contribution in [0.5, 0.6) is 5.75 Å². The van der Waals surface area contributed by atoms with Gasteiger partial charge in [0, 0.05) is 37.1 Å². The summed E-state index contributed by atoms with van der Waals surface area (Å²) in [6, 6.07) is 17.2. The predicted molar refractivity (Wildman–Crippen MR) is 118 cm³/mol. The lowest BCUT2D eigenvalue weighted by atomic mass is 10.1. The van der Waals surface area contributed by atoms with Gasteiger partial charge < -0.3 is 19.9 Å². The van der Waals surface area contributed by atoms with Gasteiger partial charge in [0.2, 0.25) is 5.91 Å². The first kappa shape index (κ1) is 19.6. The van der Waals surface area contributed by atoms with Crippen molar-refractivity contribution in [1.82, 2.24) is 5.32 Å². The second-order valence-corrected chi connectivity index (χ2v) is 7.95. The van der Waals surface area contributed by atoms with Crippen molar-refractivity contribution < 1.29 is 9.53 Å². The molecule has 2 aliphatic rings. The van der Waals surface area contributed by atoms with Crippen molar-refractivity contribution in [2.45, 2.75) is 51.2 Å². The van der Waals surface area contributed by atoms with E-state index < -0.39 is 0 Å². The molecule has 1 aliphatic heterocycles. The molecule has 1 N–H and O–H groups in total. The summed E-state index contributed by atoms with van der Waals surface area (Å²) in [6.45, 7) is 4.74. The molecule has 1 saturated carbocycles. The Bertz CT molecular complexity index is 815. The molecule has 1 amide bonds. The molecule has 29 heavy (non-hydrogen) atoms. The molecule has 0 unspecified atom stereocenters. The first-order valence-corrected chi connectivity index (χ1v) is 10.7. The average molecular weight is 394 g/mol. The number of nitrogens with zero attached hydrogens (tertiary/aromatic N) is 2. The molecule has 0 bridgehead atoms. The molecule has 4 rings (SSSR count). The lowest BCUT2D eigenvalue weighted by molar-refractivity contribution is -0.122. The molecular weight excluding hydrogens is 362 g/mol. The van der Waals surface area contributed by atoms with Crippen LogP contribution in [-0.2, 0) is 11.3 Å². The topological polar surface area (TPSA) is 44.8 Å². The number of hydrogen-bond acceptors (Lipinski definition) is 4. The van der Waals surface area contributed by atoms with Crippen LogP contribution in [0.1, 0.15) is 38.2 Å². The third-order valence-electron chi connectivity index (χ3n) is 6.02. The number of carbonyl (C=O) groups is 1. The largest absolute Gasteiger partial charge is 0.497 e. The van der Waals surface area contributed by atoms with Crippen LogP contribution in [0.4, 0.5) is 11.4 Å². The van der Waals surface area contributed by atoms with Gasteiger partial charge in [-0.3, -0.25) is 4.79 Å². The van der Waals surface area contributed by atoms with E-state index in [1.165, 1.54) is 18.5 Å². The Morgan fingerprint density at radius 1 is 1.10 bits per heavy atom. The molecule has 5 nitrogen and oxygen atoms in total. The van der Waals surface area contributed by atoms with Gasteiger partial charge in [-0.25, -0.2) is 0 Å². The molecule has 154 valence electrons. The molecule has 0 radical (unpaired) electrons. The Morgan fingerprint density at radius 2 is 1.83 bits per heavy atom. The zero-order valence-corrected chi connectivity index (χ0v) is 17.4. The summed E-state index contributed by atoms with van der Waals surface area (Å²) in [4.78, 5) is 17.5. The summed E-state index contributed by atoms with van der Waals surface area (Å²) in [6.07, 6.45) is 4.53. The summed E-state index contributed by atoms with van der Waals surface area (Å²) >= 11 is 0. The van der Waals surface area contributed by atoms with Gasteiger partial charge >= 0.3 is 0 Å². The fraction of sp³-hybridized carbons (Fsp3) is 0.458. The minimum atomic E-state index is -0.104. The van der Waals surface area contributed by atoms with Gasteiger partial charge in [-0.15, -0.1) is 0 Å². The van der Waals surface area contributed by atoms with Crippen molar-refractivity contribution in [3.05, 3.63) is 54.1 Å². The minimum absolute atomic E-state index is 0.104. The number of ether oxygens (including phenoxy) is 1. The van der Waals surface area contributed by atoms with E-state index in [1.54, 1.807) is 7.11 Å². The minimum Gasteiger partial charge on any atom is -0.497 e. The lowest BCUT2D eigenvalue weighted by Crippen LogP contribution is -2.43. The van der Waals surface area contributed by atoms with Crippen molar-refractivity contribution in [1.29, 1.82) is 0 Å². The first-order valence-electron chi connectivity index (χ1n) is 10.7. The van der Waals surface area contributed by atoms with E-state index in [-0.39, 0.29) is 11.9 Å². The van der Waals surface area contributed by atoms with Crippen LogP contribution in [0.15, 0.2) is 48.5 Å². The molecule has 1 atom stereocenters. The number of rotatable bonds is 8. The molecule has 1 heterocycles. The van der Waals surface area contributed by atoms with Crippen molar-refractivity contribution in [2.75, 3.05) is 30.0 Å². The monoisotopic (exact) mass is 393 g/mol. The third-order valence-corrected chi connectivity index (χ3v) is 6.02. The summed E-state index contributed by atoms with van der Waals surface area (Å²) < 4.78 is 5.24. The number of hydrogen-bond donors (Lipinski definition) is 1. The number of carbonyl (C=O) groups excluding carboxylic acids is 1. The highest BCUT2D eigenvalue weighted by Gasteiger charge is 2.31. The van der Waals surface area contributed by atoms with Gasteiger partial charge in [0.1, 0.15) is 11.8 Å². The summed E-state index contributed by atoms with van der Waals surface area (Å²) in [5.74, 6) is 0.941. The van der Waals surface area contributed by atoms with Crippen molar-refractivity contribution in [3.63, 3.8) is 0 Å². The maximum Gasteiger partial charge on any atom is 0.242 e. The molecule has 1 saturated heterocycles. The molecule has 2 fully saturated rings. The smallest absolute Gasteiger partial charge is 0.242 e. The standard InChI is InChI=1S/C24H31N3O2/c1-3-26(20-10-11-20)19-8-6-18(7-9-19)17-25-24(28)23-5-4-16-27(23)21-12-14-22(29-2)15-13-21/h6-9,12-15,20,23H,3-5,10-11,16-17H2,1-2H3,(H,25,28)/t23-/m0/s1. The number of amides is 1. The Hall–Kier alpha value is -2.69. The summed E-state index contributed by atoms with van der Waals surface area (Å²) in [5.41, 5.74) is 3.50. The van der Waals surface area contributed by atoms with Gasteiger partial charge in [-0.2, -0.15) is 0 Å². The van der Waals surface area contributed by atoms with Crippen LogP contribution in [0, 0.1) is 0 Å². The van der Waals surface area contributed by atoms with Gasteiger partial charge in [0.05, 0.1) is 7.11 Å². The zero-order valence-electron chi connectivity index (χ0n) is 17.4. The van der Waals surface area contributed by atoms with E-state index in [0.717, 1.165) is 49.0 Å². The maximum atomic E-state index is 12.9. The summed E-state index contributed by atoms with van der Waals surface area (Å²) in [5, 5.41) is 3.14. The van der Waals surface area contributed by atoms with E-state index in [9.17, 15) is 4.79 Å². The van der Waals surface area contributed by atoms with Gasteiger partial charge in [0.25, 0.3) is 0 Å². The Morgan fingerprint density at radius 3 is 2.45 bits per heavy atom. The Kier molecular flexibility index (Phi) is 5.93. The molecule has 2 aromatic rings. The molecule has 0 spiro atoms. The highest BCUT2D eigenvalue weighted by molar-refractivity contribution is 5.85. The highest BCUT2D eigenvalue weighted by Crippen LogP contribution is 2.31. The van der Waals surface area contributed by atoms with Crippen LogP contribution < -0.4 is 19.9 Å². The van der Waals surface area contributed by atoms with Gasteiger partial charge in [-0.1, -0.05) is 12.1 Å². The maximum absolute atomic E-state index is 12.9. The fourth-order valence-corrected chi connectivity index (χ4v) is 4.27. The average Bonchev–Trinajstić information content (AvgIpc) is 3.48. The molecule has 5 heteroatoms. The Labute approximate surface area is 173 Å². The number of anilines is 2. The molecule has 1 aliphatic carbocycles. The first-order chi connectivity index (χ1) is 14.2. The van der Waals surface area contributed by atoms with Crippen molar-refractivity contribution in [2.24, 2.45) is 0 Å². The second-order valence-electron chi connectivity index (χ2n) is 7.95. The van der Waals surface area contributed by atoms with Crippen LogP contribution >= 0.6 is 0 Å². The van der Waals surface area contributed by atoms with Gasteiger partial charge in [0.15, 0.2) is 0 Å². The van der Waals surface area contributed by atoms with Crippen molar-refractivity contribution in [3.8, 4) is 5.75 Å². The van der Waals surface area contributed by atoms with E-state index >= 15 is 0 Å². The van der Waals surface area contributed by atoms with Crippen LogP contribution in [0.25, 0.3) is 0 Å². The zero-order chi connectivity index (χ0) is 20.2. The van der Waals surface area contributed by atoms with Crippen LogP contribution in [-0.4, -0.2) is 38.2 Å². The van der Waals surface area contributed by atoms with E-state index in [1.807, 2.05) is 24.3 Å². The van der Waals surface area contributed by atoms with Crippen LogP contribution in [0.2, 0.25) is 0 Å². The van der Waals surface area contributed by atoms with Gasteiger partial charge in [-0.05, 0) is 74.6 Å². The van der Waals surface area contributed by atoms with Crippen LogP contribution in [0.3, 0.4) is 0 Å². The molecular formula is C24H31N3O2. The number of benzene rings is 2. The second kappa shape index (κ2) is 8.76. The van der Waals surface area contributed by atoms with E-state index in [2.05, 4.69) is 46.3 Å². The SMILES string of the molecule is CCN(c1ccc(CNC(=O)[C@@H]2CCCN2c2ccc(OC)cc2)cc1)C1CC1. The number of methoxy groups -OCH3 is 1. The van der Waals surface area contributed by atoms with Crippen molar-refractivity contribution >= 4 is 17.3 Å². The molecule has 0 aromatic heterocycles. The quantitative estimate of drug-likeness (QED) is 0.737.